The first-order valence-electron chi connectivity index (χ1n) is 8.47. The number of para-hydroxylation sites is 1. The third-order valence-electron chi connectivity index (χ3n) is 4.24. The van der Waals surface area contributed by atoms with Gasteiger partial charge in [-0.15, -0.1) is 11.8 Å². The Morgan fingerprint density at radius 1 is 0.769 bits per heavy atom. The molecule has 0 aliphatic heterocycles. The summed E-state index contributed by atoms with van der Waals surface area (Å²) in [7, 11) is 0. The standard InChI is InChI=1S/C23H17NOS/c25-22(18-9-3-1-4-10-18)23(19-11-5-2-6-12-19)26-20-15-7-13-17-14-8-16-24-21(17)20/h1-16,23H/t23-/m0/s1. The molecule has 0 spiro atoms. The van der Waals surface area contributed by atoms with Gasteiger partial charge in [0.1, 0.15) is 0 Å². The molecule has 0 N–H and O–H groups in total. The Hall–Kier alpha value is -2.91. The van der Waals surface area contributed by atoms with E-state index < -0.39 is 0 Å². The Morgan fingerprint density at radius 2 is 1.46 bits per heavy atom. The molecule has 0 amide bonds. The highest BCUT2D eigenvalue weighted by atomic mass is 32.2. The molecule has 126 valence electrons. The summed E-state index contributed by atoms with van der Waals surface area (Å²) in [5, 5.41) is 0.766. The molecule has 0 aliphatic rings. The number of aromatic nitrogens is 1. The van der Waals surface area contributed by atoms with Gasteiger partial charge in [-0.2, -0.15) is 0 Å². The number of Topliss-reactive ketones (excluding diaryl/α,β-unsaturated/α-hetero) is 1. The minimum atomic E-state index is -0.314. The Bertz CT molecular complexity index is 1030. The Kier molecular flexibility index (Phi) is 4.80. The van der Waals surface area contributed by atoms with Crippen molar-refractivity contribution < 1.29 is 4.79 Å². The Morgan fingerprint density at radius 3 is 2.23 bits per heavy atom. The Labute approximate surface area is 156 Å². The first-order chi connectivity index (χ1) is 12.8. The van der Waals surface area contributed by atoms with Crippen LogP contribution in [0.15, 0.2) is 102 Å². The first kappa shape index (κ1) is 16.6. The van der Waals surface area contributed by atoms with Gasteiger partial charge in [-0.05, 0) is 17.7 Å². The average molecular weight is 355 g/mol. The number of thioether (sulfide) groups is 1. The van der Waals surface area contributed by atoms with Gasteiger partial charge in [0.15, 0.2) is 5.78 Å². The van der Waals surface area contributed by atoms with Crippen LogP contribution in [0, 0.1) is 0 Å². The third-order valence-corrected chi connectivity index (χ3v) is 5.54. The fourth-order valence-corrected chi connectivity index (χ4v) is 4.18. The van der Waals surface area contributed by atoms with E-state index in [9.17, 15) is 4.79 Å². The topological polar surface area (TPSA) is 30.0 Å². The van der Waals surface area contributed by atoms with Crippen LogP contribution in [0.5, 0.6) is 0 Å². The van der Waals surface area contributed by atoms with E-state index in [1.807, 2.05) is 91.0 Å². The van der Waals surface area contributed by atoms with Gasteiger partial charge >= 0.3 is 0 Å². The van der Waals surface area contributed by atoms with Crippen molar-refractivity contribution in [2.45, 2.75) is 10.1 Å². The second-order valence-corrected chi connectivity index (χ2v) is 7.12. The van der Waals surface area contributed by atoms with Gasteiger partial charge in [-0.3, -0.25) is 9.78 Å². The van der Waals surface area contributed by atoms with E-state index >= 15 is 0 Å². The smallest absolute Gasteiger partial charge is 0.180 e. The second kappa shape index (κ2) is 7.54. The van der Waals surface area contributed by atoms with Crippen LogP contribution in [0.3, 0.4) is 0 Å². The van der Waals surface area contributed by atoms with Crippen LogP contribution in [0.4, 0.5) is 0 Å². The summed E-state index contributed by atoms with van der Waals surface area (Å²) in [4.78, 5) is 18.8. The summed E-state index contributed by atoms with van der Waals surface area (Å²) in [6.07, 6.45) is 1.79. The molecule has 3 aromatic carbocycles. The zero-order valence-electron chi connectivity index (χ0n) is 14.1. The summed E-state index contributed by atoms with van der Waals surface area (Å²) in [5.74, 6) is 0.106. The number of carbonyl (C=O) groups is 1. The summed E-state index contributed by atoms with van der Waals surface area (Å²) in [5.41, 5.74) is 2.66. The van der Waals surface area contributed by atoms with Crippen LogP contribution in [-0.2, 0) is 0 Å². The monoisotopic (exact) mass is 355 g/mol. The molecule has 26 heavy (non-hydrogen) atoms. The minimum absolute atomic E-state index is 0.106. The molecule has 0 saturated heterocycles. The zero-order chi connectivity index (χ0) is 17.8. The van der Waals surface area contributed by atoms with Crippen molar-refractivity contribution in [1.82, 2.24) is 4.98 Å². The van der Waals surface area contributed by atoms with Crippen molar-refractivity contribution in [1.29, 1.82) is 0 Å². The number of hydrogen-bond acceptors (Lipinski definition) is 3. The van der Waals surface area contributed by atoms with E-state index in [4.69, 9.17) is 0 Å². The van der Waals surface area contributed by atoms with Crippen molar-refractivity contribution in [3.8, 4) is 0 Å². The molecule has 3 heteroatoms. The predicted octanol–water partition coefficient (Wildman–Crippen LogP) is 5.95. The lowest BCUT2D eigenvalue weighted by molar-refractivity contribution is 0.0989. The molecule has 0 unspecified atom stereocenters. The molecular formula is C23H17NOS. The quantitative estimate of drug-likeness (QED) is 0.327. The summed E-state index contributed by atoms with van der Waals surface area (Å²) in [6, 6.07) is 29.5. The number of rotatable bonds is 5. The number of benzene rings is 3. The van der Waals surface area contributed by atoms with Crippen molar-refractivity contribution >= 4 is 28.4 Å². The highest BCUT2D eigenvalue weighted by Crippen LogP contribution is 2.40. The highest BCUT2D eigenvalue weighted by Gasteiger charge is 2.24. The molecular weight excluding hydrogens is 338 g/mol. The van der Waals surface area contributed by atoms with Gasteiger partial charge in [0.2, 0.25) is 0 Å². The van der Waals surface area contributed by atoms with Crippen LogP contribution in [0.25, 0.3) is 10.9 Å². The number of pyridine rings is 1. The largest absolute Gasteiger partial charge is 0.293 e. The van der Waals surface area contributed by atoms with Crippen molar-refractivity contribution in [3.05, 3.63) is 108 Å². The maximum atomic E-state index is 13.2. The molecule has 2 nitrogen and oxygen atoms in total. The molecule has 1 aromatic heterocycles. The van der Waals surface area contributed by atoms with Gasteiger partial charge in [-0.1, -0.05) is 78.9 Å². The van der Waals surface area contributed by atoms with E-state index in [0.29, 0.717) is 0 Å². The molecule has 0 aliphatic carbocycles. The van der Waals surface area contributed by atoms with Crippen LogP contribution >= 0.6 is 11.8 Å². The van der Waals surface area contributed by atoms with Crippen molar-refractivity contribution in [2.75, 3.05) is 0 Å². The van der Waals surface area contributed by atoms with Gasteiger partial charge in [0, 0.05) is 22.0 Å². The van der Waals surface area contributed by atoms with Gasteiger partial charge in [0.05, 0.1) is 10.8 Å². The number of ketones is 1. The maximum Gasteiger partial charge on any atom is 0.180 e. The molecule has 4 rings (SSSR count). The minimum Gasteiger partial charge on any atom is -0.293 e. The first-order valence-corrected chi connectivity index (χ1v) is 9.35. The highest BCUT2D eigenvalue weighted by molar-refractivity contribution is 8.00. The predicted molar refractivity (Wildman–Crippen MR) is 108 cm³/mol. The second-order valence-electron chi connectivity index (χ2n) is 5.97. The number of hydrogen-bond donors (Lipinski definition) is 0. The number of fused-ring (bicyclic) bond motifs is 1. The zero-order valence-corrected chi connectivity index (χ0v) is 14.9. The van der Waals surface area contributed by atoms with Crippen LogP contribution in [-0.4, -0.2) is 10.8 Å². The van der Waals surface area contributed by atoms with Crippen molar-refractivity contribution in [3.63, 3.8) is 0 Å². The van der Waals surface area contributed by atoms with Crippen LogP contribution < -0.4 is 0 Å². The normalized spacial score (nSPS) is 12.0. The summed E-state index contributed by atoms with van der Waals surface area (Å²) >= 11 is 1.56. The lowest BCUT2D eigenvalue weighted by Gasteiger charge is -2.17. The van der Waals surface area contributed by atoms with E-state index in [-0.39, 0.29) is 11.0 Å². The van der Waals surface area contributed by atoms with Crippen LogP contribution in [0.2, 0.25) is 0 Å². The van der Waals surface area contributed by atoms with E-state index in [0.717, 1.165) is 26.9 Å². The fraction of sp³-hybridized carbons (Fsp3) is 0.0435. The van der Waals surface area contributed by atoms with Gasteiger partial charge in [-0.25, -0.2) is 0 Å². The number of nitrogens with zero attached hydrogens (tertiary/aromatic N) is 1. The van der Waals surface area contributed by atoms with Crippen molar-refractivity contribution in [2.24, 2.45) is 0 Å². The molecule has 0 fully saturated rings. The Balaban J connectivity index is 1.77. The molecule has 1 atom stereocenters. The molecule has 4 aromatic rings. The fourth-order valence-electron chi connectivity index (χ4n) is 2.95. The summed E-state index contributed by atoms with van der Waals surface area (Å²) in [6.45, 7) is 0. The average Bonchev–Trinajstić information content (AvgIpc) is 2.73. The summed E-state index contributed by atoms with van der Waals surface area (Å²) < 4.78 is 0. The maximum absolute atomic E-state index is 13.2. The lowest BCUT2D eigenvalue weighted by atomic mass is 10.0. The van der Waals surface area contributed by atoms with Gasteiger partial charge in [0.25, 0.3) is 0 Å². The molecule has 0 saturated carbocycles. The lowest BCUT2D eigenvalue weighted by Crippen LogP contribution is -2.10. The molecule has 0 bridgehead atoms. The number of carbonyl (C=O) groups excluding carboxylic acids is 1. The third kappa shape index (κ3) is 3.39. The van der Waals surface area contributed by atoms with E-state index in [1.54, 1.807) is 18.0 Å². The van der Waals surface area contributed by atoms with Gasteiger partial charge < -0.3 is 0 Å². The SMILES string of the molecule is O=C(c1ccccc1)[C@@H](Sc1cccc2cccnc12)c1ccccc1. The van der Waals surface area contributed by atoms with E-state index in [1.165, 1.54) is 0 Å². The van der Waals surface area contributed by atoms with Crippen LogP contribution in [0.1, 0.15) is 21.2 Å². The molecule has 0 radical (unpaired) electrons. The van der Waals surface area contributed by atoms with E-state index in [2.05, 4.69) is 4.98 Å². The molecule has 1 heterocycles.